The van der Waals surface area contributed by atoms with Gasteiger partial charge < -0.3 is 10.6 Å². The molecule has 2 aliphatic carbocycles. The summed E-state index contributed by atoms with van der Waals surface area (Å²) < 4.78 is 0. The van der Waals surface area contributed by atoms with Gasteiger partial charge in [0, 0.05) is 44.7 Å². The molecule has 0 radical (unpaired) electrons. The maximum Gasteiger partial charge on any atom is 0.222 e. The monoisotopic (exact) mass is 351 g/mol. The molecule has 3 rings (SSSR count). The van der Waals surface area contributed by atoms with E-state index < -0.39 is 0 Å². The smallest absolute Gasteiger partial charge is 0.222 e. The fourth-order valence-corrected chi connectivity index (χ4v) is 3.93. The van der Waals surface area contributed by atoms with Gasteiger partial charge >= 0.3 is 0 Å². The van der Waals surface area contributed by atoms with Crippen LogP contribution in [0, 0.1) is 5.92 Å². The van der Waals surface area contributed by atoms with Gasteiger partial charge in [-0.15, -0.1) is 24.8 Å². The van der Waals surface area contributed by atoms with Crippen molar-refractivity contribution >= 4 is 30.7 Å². The van der Waals surface area contributed by atoms with Crippen molar-refractivity contribution < 1.29 is 4.79 Å². The number of nitrogens with zero attached hydrogens (tertiary/aromatic N) is 2. The first-order valence-electron chi connectivity index (χ1n) is 8.51. The minimum atomic E-state index is 0. The standard InChI is InChI=1S/C16H29N3O.2ClH/c17-15-7-2-1-4-13(15)12-16(20)19-10-8-18(9-11-19)14-5-3-6-14;;/h13-15H,1-12,17H2;2*1H. The van der Waals surface area contributed by atoms with Crippen LogP contribution in [-0.2, 0) is 4.79 Å². The van der Waals surface area contributed by atoms with Crippen molar-refractivity contribution in [2.75, 3.05) is 26.2 Å². The number of carbonyl (C=O) groups is 1. The second-order valence-electron chi connectivity index (χ2n) is 6.91. The Balaban J connectivity index is 0.00000121. The minimum absolute atomic E-state index is 0. The topological polar surface area (TPSA) is 49.6 Å². The predicted molar refractivity (Wildman–Crippen MR) is 94.8 cm³/mol. The molecule has 130 valence electrons. The Bertz CT molecular complexity index is 344. The lowest BCUT2D eigenvalue weighted by atomic mass is 9.82. The summed E-state index contributed by atoms with van der Waals surface area (Å²) in [6, 6.07) is 1.07. The predicted octanol–water partition coefficient (Wildman–Crippen LogP) is 2.43. The van der Waals surface area contributed by atoms with Gasteiger partial charge in [-0.2, -0.15) is 0 Å². The van der Waals surface area contributed by atoms with Gasteiger partial charge in [-0.3, -0.25) is 9.69 Å². The molecule has 1 amide bonds. The Morgan fingerprint density at radius 3 is 2.09 bits per heavy atom. The molecule has 1 aliphatic heterocycles. The number of amides is 1. The maximum atomic E-state index is 12.4. The molecule has 0 aromatic rings. The number of hydrogen-bond acceptors (Lipinski definition) is 3. The van der Waals surface area contributed by atoms with Gasteiger partial charge in [-0.25, -0.2) is 0 Å². The zero-order valence-electron chi connectivity index (χ0n) is 13.4. The molecule has 6 heteroatoms. The van der Waals surface area contributed by atoms with E-state index in [4.69, 9.17) is 5.73 Å². The van der Waals surface area contributed by atoms with Crippen molar-refractivity contribution in [2.45, 2.75) is 63.5 Å². The van der Waals surface area contributed by atoms with E-state index in [0.29, 0.717) is 18.2 Å². The quantitative estimate of drug-likeness (QED) is 0.849. The van der Waals surface area contributed by atoms with Crippen LogP contribution in [0.1, 0.15) is 51.4 Å². The number of halogens is 2. The Morgan fingerprint density at radius 2 is 1.55 bits per heavy atom. The summed E-state index contributed by atoms with van der Waals surface area (Å²) in [5, 5.41) is 0. The maximum absolute atomic E-state index is 12.4. The molecule has 2 atom stereocenters. The molecule has 1 heterocycles. The fourth-order valence-electron chi connectivity index (χ4n) is 3.93. The summed E-state index contributed by atoms with van der Waals surface area (Å²) in [6.45, 7) is 4.01. The second kappa shape index (κ2) is 9.31. The largest absolute Gasteiger partial charge is 0.340 e. The molecule has 3 fully saturated rings. The van der Waals surface area contributed by atoms with Crippen LogP contribution in [-0.4, -0.2) is 54.0 Å². The molecule has 4 nitrogen and oxygen atoms in total. The van der Waals surface area contributed by atoms with Crippen LogP contribution < -0.4 is 5.73 Å². The molecular weight excluding hydrogens is 321 g/mol. The highest BCUT2D eigenvalue weighted by Crippen LogP contribution is 2.28. The Kier molecular flexibility index (Phi) is 8.47. The first-order chi connectivity index (χ1) is 9.74. The Labute approximate surface area is 147 Å². The van der Waals surface area contributed by atoms with Crippen LogP contribution in [0.3, 0.4) is 0 Å². The van der Waals surface area contributed by atoms with Crippen molar-refractivity contribution in [3.8, 4) is 0 Å². The van der Waals surface area contributed by atoms with E-state index >= 15 is 0 Å². The van der Waals surface area contributed by atoms with Gasteiger partial charge in [-0.05, 0) is 31.6 Å². The number of rotatable bonds is 3. The molecule has 3 aliphatic rings. The summed E-state index contributed by atoms with van der Waals surface area (Å²) in [5.74, 6) is 0.779. The SMILES string of the molecule is Cl.Cl.NC1CCCCC1CC(=O)N1CCN(C2CCC2)CC1. The third-order valence-electron chi connectivity index (χ3n) is 5.66. The summed E-state index contributed by atoms with van der Waals surface area (Å²) in [5.41, 5.74) is 6.17. The highest BCUT2D eigenvalue weighted by Gasteiger charge is 2.31. The molecule has 2 saturated carbocycles. The van der Waals surface area contributed by atoms with Crippen molar-refractivity contribution in [3.63, 3.8) is 0 Å². The van der Waals surface area contributed by atoms with Gasteiger partial charge in [0.15, 0.2) is 0 Å². The molecule has 2 N–H and O–H groups in total. The number of piperazine rings is 1. The van der Waals surface area contributed by atoms with Crippen molar-refractivity contribution in [1.29, 1.82) is 0 Å². The lowest BCUT2D eigenvalue weighted by Crippen LogP contribution is -2.54. The average Bonchev–Trinajstić information content (AvgIpc) is 2.40. The Hall–Kier alpha value is -0.0300. The van der Waals surface area contributed by atoms with E-state index in [-0.39, 0.29) is 30.9 Å². The van der Waals surface area contributed by atoms with Gasteiger partial charge in [0.1, 0.15) is 0 Å². The lowest BCUT2D eigenvalue weighted by molar-refractivity contribution is -0.135. The van der Waals surface area contributed by atoms with E-state index in [1.165, 1.54) is 32.1 Å². The van der Waals surface area contributed by atoms with E-state index in [1.807, 2.05) is 0 Å². The van der Waals surface area contributed by atoms with Crippen LogP contribution in [0.25, 0.3) is 0 Å². The summed E-state index contributed by atoms with van der Waals surface area (Å²) in [7, 11) is 0. The fraction of sp³-hybridized carbons (Fsp3) is 0.938. The molecule has 0 aromatic heterocycles. The van der Waals surface area contributed by atoms with E-state index in [2.05, 4.69) is 9.80 Å². The zero-order chi connectivity index (χ0) is 13.9. The summed E-state index contributed by atoms with van der Waals surface area (Å²) >= 11 is 0. The van der Waals surface area contributed by atoms with Gasteiger partial charge in [0.2, 0.25) is 5.91 Å². The van der Waals surface area contributed by atoms with Crippen LogP contribution in [0.2, 0.25) is 0 Å². The van der Waals surface area contributed by atoms with Crippen molar-refractivity contribution in [1.82, 2.24) is 9.80 Å². The number of nitrogens with two attached hydrogens (primary N) is 1. The lowest BCUT2D eigenvalue weighted by Gasteiger charge is -2.43. The first-order valence-corrected chi connectivity index (χ1v) is 8.51. The third-order valence-corrected chi connectivity index (χ3v) is 5.66. The molecule has 0 bridgehead atoms. The van der Waals surface area contributed by atoms with E-state index in [1.54, 1.807) is 0 Å². The Morgan fingerprint density at radius 1 is 0.909 bits per heavy atom. The molecule has 0 aromatic carbocycles. The molecular formula is C16H31Cl2N3O. The molecule has 2 unspecified atom stereocenters. The molecule has 22 heavy (non-hydrogen) atoms. The number of carbonyl (C=O) groups excluding carboxylic acids is 1. The van der Waals surface area contributed by atoms with Crippen LogP contribution in [0.5, 0.6) is 0 Å². The van der Waals surface area contributed by atoms with Crippen molar-refractivity contribution in [3.05, 3.63) is 0 Å². The van der Waals surface area contributed by atoms with Gasteiger partial charge in [0.05, 0.1) is 0 Å². The first kappa shape index (κ1) is 20.0. The third kappa shape index (κ3) is 4.73. The normalized spacial score (nSPS) is 30.0. The van der Waals surface area contributed by atoms with E-state index in [9.17, 15) is 4.79 Å². The van der Waals surface area contributed by atoms with Crippen LogP contribution in [0.15, 0.2) is 0 Å². The summed E-state index contributed by atoms with van der Waals surface area (Å²) in [4.78, 5) is 17.1. The number of hydrogen-bond donors (Lipinski definition) is 1. The minimum Gasteiger partial charge on any atom is -0.340 e. The van der Waals surface area contributed by atoms with Gasteiger partial charge in [0.25, 0.3) is 0 Å². The highest BCUT2D eigenvalue weighted by molar-refractivity contribution is 5.85. The van der Waals surface area contributed by atoms with Gasteiger partial charge in [-0.1, -0.05) is 19.3 Å². The zero-order valence-corrected chi connectivity index (χ0v) is 15.0. The van der Waals surface area contributed by atoms with Crippen molar-refractivity contribution in [2.24, 2.45) is 11.7 Å². The average molecular weight is 352 g/mol. The highest BCUT2D eigenvalue weighted by atomic mass is 35.5. The van der Waals surface area contributed by atoms with Crippen LogP contribution >= 0.6 is 24.8 Å². The summed E-state index contributed by atoms with van der Waals surface area (Å²) in [6.07, 6.45) is 9.55. The second-order valence-corrected chi connectivity index (χ2v) is 6.91. The van der Waals surface area contributed by atoms with E-state index in [0.717, 1.165) is 45.1 Å². The van der Waals surface area contributed by atoms with Crippen LogP contribution in [0.4, 0.5) is 0 Å². The molecule has 0 spiro atoms. The molecule has 1 saturated heterocycles.